The third-order valence-electron chi connectivity index (χ3n) is 1.72. The van der Waals surface area contributed by atoms with Crippen molar-refractivity contribution in [2.75, 3.05) is 13.6 Å². The molecule has 3 nitrogen and oxygen atoms in total. The molecule has 0 aliphatic rings. The van der Waals surface area contributed by atoms with Crippen molar-refractivity contribution in [1.82, 2.24) is 4.90 Å². The van der Waals surface area contributed by atoms with Crippen LogP contribution in [0.1, 0.15) is 10.4 Å². The molecule has 0 aliphatic heterocycles. The second kappa shape index (κ2) is 4.40. The molecule has 0 fully saturated rings. The van der Waals surface area contributed by atoms with Gasteiger partial charge in [0.25, 0.3) is 5.91 Å². The molecule has 1 aromatic rings. The molecule has 0 spiro atoms. The van der Waals surface area contributed by atoms with Gasteiger partial charge in [0.2, 0.25) is 0 Å². The fraction of sp³-hybridized carbons (Fsp3) is 0.200. The minimum Gasteiger partial charge on any atom is -0.335 e. The molecule has 0 N–H and O–H groups in total. The first-order valence-corrected chi connectivity index (χ1v) is 4.00. The van der Waals surface area contributed by atoms with Crippen molar-refractivity contribution in [2.45, 2.75) is 0 Å². The largest absolute Gasteiger partial charge is 0.335 e. The number of carbonyl (C=O) groups excluding carboxylic acids is 2. The second-order valence-corrected chi connectivity index (χ2v) is 2.72. The number of rotatable bonds is 3. The number of likely N-dealkylation sites (N-methyl/N-ethyl adjacent to an activating group) is 1. The maximum absolute atomic E-state index is 11.5. The van der Waals surface area contributed by atoms with E-state index in [-0.39, 0.29) is 12.5 Å². The van der Waals surface area contributed by atoms with Crippen molar-refractivity contribution in [3.05, 3.63) is 35.9 Å². The van der Waals surface area contributed by atoms with Crippen molar-refractivity contribution in [1.29, 1.82) is 0 Å². The van der Waals surface area contributed by atoms with Crippen molar-refractivity contribution in [3.8, 4) is 0 Å². The Bertz CT molecular complexity index is 295. The van der Waals surface area contributed by atoms with Crippen LogP contribution in [0.25, 0.3) is 0 Å². The summed E-state index contributed by atoms with van der Waals surface area (Å²) in [5, 5.41) is 0. The Kier molecular flexibility index (Phi) is 3.20. The van der Waals surface area contributed by atoms with E-state index in [4.69, 9.17) is 0 Å². The summed E-state index contributed by atoms with van der Waals surface area (Å²) in [5.41, 5.74) is 0.604. The molecule has 1 aromatic carbocycles. The molecule has 0 heterocycles. The van der Waals surface area contributed by atoms with Gasteiger partial charge < -0.3 is 9.69 Å². The molecule has 1 amide bonds. The zero-order valence-electron chi connectivity index (χ0n) is 7.43. The second-order valence-electron chi connectivity index (χ2n) is 2.72. The van der Waals surface area contributed by atoms with Gasteiger partial charge in [0.05, 0.1) is 6.54 Å². The Hall–Kier alpha value is -1.64. The van der Waals surface area contributed by atoms with Crippen LogP contribution >= 0.6 is 0 Å². The molecule has 0 unspecified atom stereocenters. The van der Waals surface area contributed by atoms with E-state index in [9.17, 15) is 9.59 Å². The molecular weight excluding hydrogens is 166 g/mol. The number of amides is 1. The lowest BCUT2D eigenvalue weighted by Crippen LogP contribution is -2.28. The third kappa shape index (κ3) is 2.40. The maximum Gasteiger partial charge on any atom is 0.253 e. The number of nitrogens with zero attached hydrogens (tertiary/aromatic N) is 1. The van der Waals surface area contributed by atoms with Crippen LogP contribution in [0.4, 0.5) is 0 Å². The first-order chi connectivity index (χ1) is 6.25. The fourth-order valence-electron chi connectivity index (χ4n) is 0.996. The average molecular weight is 177 g/mol. The third-order valence-corrected chi connectivity index (χ3v) is 1.72. The highest BCUT2D eigenvalue weighted by Gasteiger charge is 2.09. The van der Waals surface area contributed by atoms with E-state index in [1.807, 2.05) is 6.07 Å². The number of hydrogen-bond donors (Lipinski definition) is 0. The molecule has 13 heavy (non-hydrogen) atoms. The molecule has 0 bridgehead atoms. The molecule has 0 aliphatic carbocycles. The number of benzene rings is 1. The highest BCUT2D eigenvalue weighted by Crippen LogP contribution is 2.01. The van der Waals surface area contributed by atoms with Crippen LogP contribution in [0.3, 0.4) is 0 Å². The highest BCUT2D eigenvalue weighted by molar-refractivity contribution is 5.94. The number of aldehydes is 1. The van der Waals surface area contributed by atoms with Gasteiger partial charge in [0, 0.05) is 12.6 Å². The molecule has 0 saturated carbocycles. The molecule has 68 valence electrons. The summed E-state index contributed by atoms with van der Waals surface area (Å²) in [6.07, 6.45) is 0.709. The Labute approximate surface area is 77.0 Å². The predicted molar refractivity (Wildman–Crippen MR) is 49.5 cm³/mol. The van der Waals surface area contributed by atoms with E-state index in [0.29, 0.717) is 11.8 Å². The number of carbonyl (C=O) groups is 2. The van der Waals surface area contributed by atoms with Gasteiger partial charge in [0.1, 0.15) is 6.29 Å². The van der Waals surface area contributed by atoms with E-state index < -0.39 is 0 Å². The van der Waals surface area contributed by atoms with E-state index in [2.05, 4.69) is 0 Å². The quantitative estimate of drug-likeness (QED) is 0.645. The molecule has 3 heteroatoms. The normalized spacial score (nSPS) is 9.31. The Morgan fingerprint density at radius 3 is 2.54 bits per heavy atom. The van der Waals surface area contributed by atoms with Gasteiger partial charge in [-0.3, -0.25) is 4.79 Å². The zero-order valence-corrected chi connectivity index (χ0v) is 7.43. The first-order valence-electron chi connectivity index (χ1n) is 4.00. The minimum absolute atomic E-state index is 0.132. The van der Waals surface area contributed by atoms with Crippen molar-refractivity contribution >= 4 is 12.2 Å². The molecule has 0 aromatic heterocycles. The van der Waals surface area contributed by atoms with Gasteiger partial charge in [-0.2, -0.15) is 0 Å². The lowest BCUT2D eigenvalue weighted by Gasteiger charge is -2.12. The van der Waals surface area contributed by atoms with Crippen molar-refractivity contribution < 1.29 is 9.59 Å². The van der Waals surface area contributed by atoms with Crippen molar-refractivity contribution in [2.24, 2.45) is 0 Å². The fourth-order valence-corrected chi connectivity index (χ4v) is 0.996. The van der Waals surface area contributed by atoms with Gasteiger partial charge in [-0.05, 0) is 12.1 Å². The van der Waals surface area contributed by atoms with Crippen LogP contribution in [0, 0.1) is 0 Å². The summed E-state index contributed by atoms with van der Waals surface area (Å²) in [5.74, 6) is -0.132. The number of hydrogen-bond acceptors (Lipinski definition) is 2. The summed E-state index contributed by atoms with van der Waals surface area (Å²) >= 11 is 0. The average Bonchev–Trinajstić information content (AvgIpc) is 2.18. The smallest absolute Gasteiger partial charge is 0.253 e. The van der Waals surface area contributed by atoms with Crippen molar-refractivity contribution in [3.63, 3.8) is 0 Å². The van der Waals surface area contributed by atoms with Crippen LogP contribution in [0.15, 0.2) is 30.3 Å². The topological polar surface area (TPSA) is 37.4 Å². The Morgan fingerprint density at radius 2 is 2.00 bits per heavy atom. The molecular formula is C10H11NO2. The molecule has 0 atom stereocenters. The van der Waals surface area contributed by atoms with E-state index in [1.165, 1.54) is 4.90 Å². The van der Waals surface area contributed by atoms with Crippen LogP contribution in [0.2, 0.25) is 0 Å². The zero-order chi connectivity index (χ0) is 9.68. The van der Waals surface area contributed by atoms with Gasteiger partial charge in [-0.15, -0.1) is 0 Å². The van der Waals surface area contributed by atoms with Crippen LogP contribution in [0.5, 0.6) is 0 Å². The van der Waals surface area contributed by atoms with Gasteiger partial charge in [0.15, 0.2) is 0 Å². The standard InChI is InChI=1S/C10H11NO2/c1-11(7-8-12)10(13)9-5-3-2-4-6-9/h2-6,8H,7H2,1H3. The summed E-state index contributed by atoms with van der Waals surface area (Å²) in [6.45, 7) is 0.133. The molecule has 1 rings (SSSR count). The van der Waals surface area contributed by atoms with Crippen LogP contribution < -0.4 is 0 Å². The summed E-state index contributed by atoms with van der Waals surface area (Å²) in [6, 6.07) is 8.88. The van der Waals surface area contributed by atoms with Gasteiger partial charge >= 0.3 is 0 Å². The SMILES string of the molecule is CN(CC=O)C(=O)c1ccccc1. The highest BCUT2D eigenvalue weighted by atomic mass is 16.2. The molecule has 0 saturated heterocycles. The van der Waals surface area contributed by atoms with Gasteiger partial charge in [-0.25, -0.2) is 0 Å². The monoisotopic (exact) mass is 177 g/mol. The molecule has 0 radical (unpaired) electrons. The summed E-state index contributed by atoms with van der Waals surface area (Å²) in [4.78, 5) is 23.0. The Morgan fingerprint density at radius 1 is 1.38 bits per heavy atom. The Balaban J connectivity index is 2.73. The predicted octanol–water partition coefficient (Wildman–Crippen LogP) is 0.958. The van der Waals surface area contributed by atoms with Gasteiger partial charge in [-0.1, -0.05) is 18.2 Å². The lowest BCUT2D eigenvalue weighted by molar-refractivity contribution is -0.108. The maximum atomic E-state index is 11.5. The van der Waals surface area contributed by atoms with Crippen LogP contribution in [-0.2, 0) is 4.79 Å². The summed E-state index contributed by atoms with van der Waals surface area (Å²) in [7, 11) is 1.60. The first kappa shape index (κ1) is 9.45. The lowest BCUT2D eigenvalue weighted by atomic mass is 10.2. The van der Waals surface area contributed by atoms with Crippen LogP contribution in [-0.4, -0.2) is 30.7 Å². The van der Waals surface area contributed by atoms with E-state index >= 15 is 0 Å². The van der Waals surface area contributed by atoms with E-state index in [1.54, 1.807) is 31.3 Å². The minimum atomic E-state index is -0.132. The van der Waals surface area contributed by atoms with E-state index in [0.717, 1.165) is 0 Å². The summed E-state index contributed by atoms with van der Waals surface area (Å²) < 4.78 is 0.